The number of carbonyl (C=O) groups is 1. The summed E-state index contributed by atoms with van der Waals surface area (Å²) in [4.78, 5) is 36.4. The first-order valence-electron chi connectivity index (χ1n) is 8.12. The molecule has 0 bridgehead atoms. The number of halogens is 1. The van der Waals surface area contributed by atoms with Crippen molar-refractivity contribution < 1.29 is 28.9 Å². The predicted molar refractivity (Wildman–Crippen MR) is 85.6 cm³/mol. The lowest BCUT2D eigenvalue weighted by Crippen LogP contribution is -2.41. The summed E-state index contributed by atoms with van der Waals surface area (Å²) >= 11 is 0. The summed E-state index contributed by atoms with van der Waals surface area (Å²) in [6.07, 6.45) is -4.50. The van der Waals surface area contributed by atoms with Gasteiger partial charge in [-0.1, -0.05) is 20.3 Å². The average molecular weight is 375 g/mol. The Balaban J connectivity index is 2.08. The molecule has 0 aromatic carbocycles. The normalized spacial score (nSPS) is 27.9. The van der Waals surface area contributed by atoms with E-state index in [-0.39, 0.29) is 5.92 Å². The number of rotatable bonds is 6. The highest BCUT2D eigenvalue weighted by Crippen LogP contribution is 2.28. The van der Waals surface area contributed by atoms with Crippen molar-refractivity contribution in [1.82, 2.24) is 9.55 Å². The molecule has 5 N–H and O–H groups in total. The van der Waals surface area contributed by atoms with Crippen LogP contribution in [0.5, 0.6) is 0 Å². The molecule has 0 saturated carbocycles. The number of aliphatic hydroxyl groups excluding tert-OH is 2. The Bertz CT molecular complexity index is 764. The lowest BCUT2D eigenvalue weighted by atomic mass is 10.0. The van der Waals surface area contributed by atoms with Crippen molar-refractivity contribution in [2.45, 2.75) is 50.8 Å². The minimum absolute atomic E-state index is 0.113. The standard InChI is InChI=1S/C15H22FN3O7/c1-3-6(2)9(17)14(23)25-5-8-10(20)11(21)13(26-8)19-4-7(16)12(22)18-15(19)24/h4,6,8-11,13,20-21H,3,5,17H2,1-2H3,(H,18,22,24)/t6-,8+,9-,10+,11+,13+/m0/s1. The van der Waals surface area contributed by atoms with Gasteiger partial charge in [0, 0.05) is 0 Å². The number of aromatic amines is 1. The largest absolute Gasteiger partial charge is 0.462 e. The summed E-state index contributed by atoms with van der Waals surface area (Å²) in [5.74, 6) is -2.07. The first-order chi connectivity index (χ1) is 12.2. The van der Waals surface area contributed by atoms with Crippen LogP contribution in [-0.4, -0.2) is 56.7 Å². The maximum Gasteiger partial charge on any atom is 0.330 e. The van der Waals surface area contributed by atoms with E-state index < -0.39 is 60.2 Å². The molecule has 0 aliphatic carbocycles. The number of nitrogens with two attached hydrogens (primary N) is 1. The average Bonchev–Trinajstić information content (AvgIpc) is 2.89. The molecule has 1 aliphatic heterocycles. The quantitative estimate of drug-likeness (QED) is 0.425. The summed E-state index contributed by atoms with van der Waals surface area (Å²) in [6.45, 7) is 3.23. The second-order valence-electron chi connectivity index (χ2n) is 6.23. The summed E-state index contributed by atoms with van der Waals surface area (Å²) in [7, 11) is 0. The van der Waals surface area contributed by atoms with Crippen molar-refractivity contribution in [3.05, 3.63) is 32.9 Å². The van der Waals surface area contributed by atoms with Gasteiger partial charge in [-0.3, -0.25) is 19.1 Å². The predicted octanol–water partition coefficient (Wildman–Crippen LogP) is -1.79. The third-order valence-electron chi connectivity index (χ3n) is 4.45. The summed E-state index contributed by atoms with van der Waals surface area (Å²) in [5.41, 5.74) is 3.50. The lowest BCUT2D eigenvalue weighted by Gasteiger charge is -2.19. The van der Waals surface area contributed by atoms with Gasteiger partial charge in [0.25, 0.3) is 5.56 Å². The maximum atomic E-state index is 13.4. The van der Waals surface area contributed by atoms with E-state index in [2.05, 4.69) is 0 Å². The first kappa shape index (κ1) is 20.2. The minimum atomic E-state index is -1.61. The second kappa shape index (κ2) is 8.08. The minimum Gasteiger partial charge on any atom is -0.462 e. The number of nitrogens with one attached hydrogen (secondary N) is 1. The van der Waals surface area contributed by atoms with Crippen LogP contribution in [0.15, 0.2) is 15.8 Å². The van der Waals surface area contributed by atoms with E-state index in [1.807, 2.05) is 6.92 Å². The highest BCUT2D eigenvalue weighted by molar-refractivity contribution is 5.75. The maximum absolute atomic E-state index is 13.4. The van der Waals surface area contributed by atoms with E-state index in [1.54, 1.807) is 11.9 Å². The van der Waals surface area contributed by atoms with Crippen molar-refractivity contribution in [1.29, 1.82) is 0 Å². The van der Waals surface area contributed by atoms with Gasteiger partial charge in [-0.25, -0.2) is 4.79 Å². The first-order valence-corrected chi connectivity index (χ1v) is 8.12. The Morgan fingerprint density at radius 2 is 2.12 bits per heavy atom. The van der Waals surface area contributed by atoms with E-state index in [1.165, 1.54) is 0 Å². The molecule has 146 valence electrons. The number of ether oxygens (including phenoxy) is 2. The number of hydrogen-bond donors (Lipinski definition) is 4. The van der Waals surface area contributed by atoms with Gasteiger partial charge in [0.15, 0.2) is 6.23 Å². The molecule has 0 amide bonds. The molecule has 1 saturated heterocycles. The monoisotopic (exact) mass is 375 g/mol. The fourth-order valence-corrected chi connectivity index (χ4v) is 2.49. The van der Waals surface area contributed by atoms with E-state index >= 15 is 0 Å². The van der Waals surface area contributed by atoms with Crippen LogP contribution >= 0.6 is 0 Å². The fourth-order valence-electron chi connectivity index (χ4n) is 2.49. The van der Waals surface area contributed by atoms with Crippen molar-refractivity contribution in [2.75, 3.05) is 6.61 Å². The van der Waals surface area contributed by atoms with Crippen LogP contribution in [-0.2, 0) is 14.3 Å². The van der Waals surface area contributed by atoms with Crippen LogP contribution in [0.1, 0.15) is 26.5 Å². The zero-order valence-electron chi connectivity index (χ0n) is 14.3. The topological polar surface area (TPSA) is 157 Å². The number of aromatic nitrogens is 2. The Morgan fingerprint density at radius 3 is 2.73 bits per heavy atom. The van der Waals surface area contributed by atoms with E-state index in [0.717, 1.165) is 0 Å². The van der Waals surface area contributed by atoms with Gasteiger partial charge in [0.05, 0.1) is 6.20 Å². The molecule has 2 rings (SSSR count). The SMILES string of the molecule is CC[C@H](C)[C@H](N)C(=O)OC[C@H]1O[C@@H](n2cc(F)c(=O)[nH]c2=O)[C@H](O)[C@@H]1O. The molecular formula is C15H22FN3O7. The number of aliphatic hydroxyl groups is 2. The van der Waals surface area contributed by atoms with E-state index in [0.29, 0.717) is 17.2 Å². The Morgan fingerprint density at radius 1 is 1.46 bits per heavy atom. The third-order valence-corrected chi connectivity index (χ3v) is 4.45. The number of nitrogens with zero attached hydrogens (tertiary/aromatic N) is 1. The molecule has 0 unspecified atom stereocenters. The molecule has 1 fully saturated rings. The molecular weight excluding hydrogens is 353 g/mol. The highest BCUT2D eigenvalue weighted by atomic mass is 19.1. The molecule has 0 spiro atoms. The Kier molecular flexibility index (Phi) is 6.29. The summed E-state index contributed by atoms with van der Waals surface area (Å²) < 4.78 is 24.3. The molecule has 6 atom stereocenters. The zero-order valence-corrected chi connectivity index (χ0v) is 14.3. The van der Waals surface area contributed by atoms with Gasteiger partial charge >= 0.3 is 11.7 Å². The molecule has 11 heteroatoms. The zero-order chi connectivity index (χ0) is 19.6. The van der Waals surface area contributed by atoms with Crippen LogP contribution in [0.25, 0.3) is 0 Å². The summed E-state index contributed by atoms with van der Waals surface area (Å²) in [6, 6.07) is -0.852. The van der Waals surface area contributed by atoms with E-state index in [9.17, 15) is 29.0 Å². The molecule has 1 aliphatic rings. The van der Waals surface area contributed by atoms with Crippen molar-refractivity contribution >= 4 is 5.97 Å². The number of H-pyrrole nitrogens is 1. The molecule has 1 aromatic heterocycles. The van der Waals surface area contributed by atoms with Gasteiger partial charge in [-0.2, -0.15) is 4.39 Å². The number of carbonyl (C=O) groups excluding carboxylic acids is 1. The van der Waals surface area contributed by atoms with Crippen LogP contribution in [0.4, 0.5) is 4.39 Å². The van der Waals surface area contributed by atoms with Gasteiger partial charge in [0.1, 0.15) is 31.0 Å². The Labute approximate surface area is 147 Å². The van der Waals surface area contributed by atoms with Crippen molar-refractivity contribution in [3.63, 3.8) is 0 Å². The third kappa shape index (κ3) is 4.01. The van der Waals surface area contributed by atoms with Crippen LogP contribution < -0.4 is 17.0 Å². The van der Waals surface area contributed by atoms with E-state index in [4.69, 9.17) is 15.2 Å². The van der Waals surface area contributed by atoms with Crippen molar-refractivity contribution in [3.8, 4) is 0 Å². The second-order valence-corrected chi connectivity index (χ2v) is 6.23. The van der Waals surface area contributed by atoms with Crippen LogP contribution in [0.2, 0.25) is 0 Å². The molecule has 10 nitrogen and oxygen atoms in total. The smallest absolute Gasteiger partial charge is 0.330 e. The van der Waals surface area contributed by atoms with Gasteiger partial charge < -0.3 is 25.4 Å². The van der Waals surface area contributed by atoms with Crippen LogP contribution in [0, 0.1) is 11.7 Å². The van der Waals surface area contributed by atoms with Gasteiger partial charge in [0.2, 0.25) is 5.82 Å². The number of esters is 1. The highest BCUT2D eigenvalue weighted by Gasteiger charge is 2.45. The van der Waals surface area contributed by atoms with Gasteiger partial charge in [-0.15, -0.1) is 0 Å². The molecule has 26 heavy (non-hydrogen) atoms. The van der Waals surface area contributed by atoms with Crippen LogP contribution in [0.3, 0.4) is 0 Å². The molecule has 2 heterocycles. The number of hydrogen-bond acceptors (Lipinski definition) is 8. The fraction of sp³-hybridized carbons (Fsp3) is 0.667. The Hall–Kier alpha value is -2.08. The summed E-state index contributed by atoms with van der Waals surface area (Å²) in [5, 5.41) is 20.1. The molecule has 1 aromatic rings. The van der Waals surface area contributed by atoms with Crippen molar-refractivity contribution in [2.24, 2.45) is 11.7 Å². The van der Waals surface area contributed by atoms with Gasteiger partial charge in [-0.05, 0) is 5.92 Å². The molecule has 0 radical (unpaired) electrons. The lowest BCUT2D eigenvalue weighted by molar-refractivity contribution is -0.153.